The zero-order valence-electron chi connectivity index (χ0n) is 18.5. The second-order valence-corrected chi connectivity index (χ2v) is 8.00. The van der Waals surface area contributed by atoms with Crippen molar-refractivity contribution in [1.82, 2.24) is 0 Å². The first-order valence-electron chi connectivity index (χ1n) is 10.4. The summed E-state index contributed by atoms with van der Waals surface area (Å²) in [7, 11) is 0. The zero-order chi connectivity index (χ0) is 28.5. The van der Waals surface area contributed by atoms with Gasteiger partial charge in [0.25, 0.3) is 0 Å². The molecular weight excluding hydrogens is 550 g/mol. The molecule has 0 amide bonds. The first-order chi connectivity index (χ1) is 17.7. The monoisotopic (exact) mass is 564 g/mol. The number of alkyl halides is 1. The molecule has 16 heteroatoms. The van der Waals surface area contributed by atoms with Crippen LogP contribution in [0.4, 0.5) is 48.7 Å². The molecule has 0 saturated carbocycles. The molecule has 1 aromatic carbocycles. The van der Waals surface area contributed by atoms with Crippen molar-refractivity contribution < 1.29 is 72.8 Å². The van der Waals surface area contributed by atoms with Crippen molar-refractivity contribution in [1.29, 1.82) is 0 Å². The van der Waals surface area contributed by atoms with Gasteiger partial charge in [0.2, 0.25) is 34.8 Å². The molecule has 0 aliphatic heterocycles. The van der Waals surface area contributed by atoms with Crippen molar-refractivity contribution in [3.63, 3.8) is 0 Å². The van der Waals surface area contributed by atoms with Crippen LogP contribution < -0.4 is 4.74 Å². The molecule has 0 saturated heterocycles. The van der Waals surface area contributed by atoms with E-state index in [1.165, 1.54) is 6.08 Å². The second-order valence-electron chi connectivity index (χ2n) is 8.00. The van der Waals surface area contributed by atoms with Crippen LogP contribution in [0.1, 0.15) is 25.7 Å². The van der Waals surface area contributed by atoms with Crippen LogP contribution in [0.25, 0.3) is 0 Å². The summed E-state index contributed by atoms with van der Waals surface area (Å²) in [4.78, 5) is 24.4. The number of halogens is 10. The van der Waals surface area contributed by atoms with Gasteiger partial charge in [-0.3, -0.25) is 0 Å². The highest BCUT2D eigenvalue weighted by Crippen LogP contribution is 2.38. The minimum absolute atomic E-state index is 0.204. The number of benzene rings is 1. The van der Waals surface area contributed by atoms with E-state index in [0.717, 1.165) is 6.08 Å². The van der Waals surface area contributed by atoms with E-state index in [2.05, 4.69) is 9.47 Å². The minimum atomic E-state index is -3.24. The molecule has 208 valence electrons. The summed E-state index contributed by atoms with van der Waals surface area (Å²) >= 11 is 0. The van der Waals surface area contributed by atoms with E-state index in [9.17, 15) is 58.6 Å². The van der Waals surface area contributed by atoms with Crippen molar-refractivity contribution >= 4 is 12.1 Å². The Morgan fingerprint density at radius 1 is 0.816 bits per heavy atom. The van der Waals surface area contributed by atoms with E-state index in [0.29, 0.717) is 0 Å². The third-order valence-corrected chi connectivity index (χ3v) is 5.50. The van der Waals surface area contributed by atoms with E-state index in [4.69, 9.17) is 4.74 Å². The Morgan fingerprint density at radius 2 is 1.37 bits per heavy atom. The van der Waals surface area contributed by atoms with Crippen molar-refractivity contribution in [2.24, 2.45) is 0 Å². The van der Waals surface area contributed by atoms with Gasteiger partial charge < -0.3 is 19.3 Å². The molecule has 1 N–H and O–H groups in total. The fourth-order valence-electron chi connectivity index (χ4n) is 3.42. The number of ether oxygens (including phenoxy) is 3. The fourth-order valence-corrected chi connectivity index (χ4v) is 3.42. The van der Waals surface area contributed by atoms with E-state index < -0.39 is 114 Å². The molecular formula is C22H14F10O6. The molecule has 3 rings (SSSR count). The van der Waals surface area contributed by atoms with Gasteiger partial charge in [-0.15, -0.1) is 0 Å². The van der Waals surface area contributed by atoms with Gasteiger partial charge >= 0.3 is 12.1 Å². The highest BCUT2D eigenvalue weighted by Gasteiger charge is 2.44. The van der Waals surface area contributed by atoms with Crippen molar-refractivity contribution in [2.45, 2.75) is 49.7 Å². The number of aliphatic hydroxyl groups is 1. The Balaban J connectivity index is 1.69. The van der Waals surface area contributed by atoms with Gasteiger partial charge in [-0.25, -0.2) is 44.7 Å². The van der Waals surface area contributed by atoms with Crippen LogP contribution >= 0.6 is 0 Å². The molecule has 1 aromatic rings. The average Bonchev–Trinajstić information content (AvgIpc) is 2.88. The van der Waals surface area contributed by atoms with Crippen LogP contribution in [-0.4, -0.2) is 41.2 Å². The van der Waals surface area contributed by atoms with Crippen molar-refractivity contribution in [3.05, 3.63) is 64.5 Å². The summed E-state index contributed by atoms with van der Waals surface area (Å²) in [6.45, 7) is 0. The molecule has 0 aromatic heterocycles. The van der Waals surface area contributed by atoms with Gasteiger partial charge in [0, 0.05) is 0 Å². The summed E-state index contributed by atoms with van der Waals surface area (Å²) in [5.41, 5.74) is -2.62. The van der Waals surface area contributed by atoms with Gasteiger partial charge in [-0.1, -0.05) is 6.08 Å². The molecule has 0 radical (unpaired) electrons. The number of hydrogen-bond donors (Lipinski definition) is 1. The maximum atomic E-state index is 13.8. The number of rotatable bonds is 4. The molecule has 2 aliphatic rings. The molecule has 0 fully saturated rings. The standard InChI is InChI=1S/C22H14F10O6/c23-8-10(25)14(29)18(15(30)11(8)26)37-20(33)22(35)5-2-1-3-7(4-6-22)36-21(34)38-19-16(31)12(27)9(24)13(28)17(19)32/h1,3,7,16,19,35H,2,4-6H2/b3-1+/t7-,16?,19?,22-/m0/s1. The third-order valence-electron chi connectivity index (χ3n) is 5.50. The summed E-state index contributed by atoms with van der Waals surface area (Å²) < 4.78 is 148. The van der Waals surface area contributed by atoms with E-state index in [-0.39, 0.29) is 6.42 Å². The van der Waals surface area contributed by atoms with Gasteiger partial charge in [0.15, 0.2) is 41.2 Å². The molecule has 0 bridgehead atoms. The Hall–Kier alpha value is -3.56. The van der Waals surface area contributed by atoms with Gasteiger partial charge in [0.05, 0.1) is 0 Å². The smallest absolute Gasteiger partial charge is 0.427 e. The largest absolute Gasteiger partial charge is 0.509 e. The minimum Gasteiger partial charge on any atom is -0.427 e. The topological polar surface area (TPSA) is 82.1 Å². The summed E-state index contributed by atoms with van der Waals surface area (Å²) in [5, 5.41) is 10.6. The lowest BCUT2D eigenvalue weighted by molar-refractivity contribution is -0.158. The molecule has 6 nitrogen and oxygen atoms in total. The molecule has 38 heavy (non-hydrogen) atoms. The summed E-state index contributed by atoms with van der Waals surface area (Å²) in [6.07, 6.45) is -9.04. The van der Waals surface area contributed by atoms with Crippen LogP contribution in [-0.2, 0) is 14.3 Å². The number of carbonyl (C=O) groups is 2. The SMILES string of the molecule is O=C(OC1C(F)=C(F)C(F)=C(F)C1F)O[C@H]1/C=C/CC[C@@](O)(C(=O)Oc2c(F)c(F)c(F)c(F)c2F)CC1. The Morgan fingerprint density at radius 3 is 1.97 bits per heavy atom. The van der Waals surface area contributed by atoms with Crippen LogP contribution in [0.2, 0.25) is 0 Å². The number of carbonyl (C=O) groups excluding carboxylic acids is 2. The quantitative estimate of drug-likeness (QED) is 0.126. The Kier molecular flexibility index (Phi) is 8.43. The highest BCUT2D eigenvalue weighted by atomic mass is 19.2. The lowest BCUT2D eigenvalue weighted by Gasteiger charge is -2.29. The highest BCUT2D eigenvalue weighted by molar-refractivity contribution is 5.81. The second kappa shape index (κ2) is 11.0. The molecule has 4 atom stereocenters. The normalized spacial score (nSPS) is 27.0. The lowest BCUT2D eigenvalue weighted by atomic mass is 9.88. The first kappa shape index (κ1) is 29.0. The maximum Gasteiger partial charge on any atom is 0.509 e. The number of esters is 1. The Labute approximate surface area is 205 Å². The molecule has 0 heterocycles. The predicted octanol–water partition coefficient (Wildman–Crippen LogP) is 5.69. The zero-order valence-corrected chi connectivity index (χ0v) is 18.5. The fraction of sp³-hybridized carbons (Fsp3) is 0.364. The summed E-state index contributed by atoms with van der Waals surface area (Å²) in [6, 6.07) is 0. The van der Waals surface area contributed by atoms with Crippen LogP contribution in [0, 0.1) is 29.1 Å². The Bertz CT molecular complexity index is 1220. The van der Waals surface area contributed by atoms with Crippen LogP contribution in [0.5, 0.6) is 5.75 Å². The molecule has 2 unspecified atom stereocenters. The summed E-state index contributed by atoms with van der Waals surface area (Å²) in [5.74, 6) is -25.6. The van der Waals surface area contributed by atoms with Crippen LogP contribution in [0.3, 0.4) is 0 Å². The number of allylic oxidation sites excluding steroid dienone is 3. The van der Waals surface area contributed by atoms with Gasteiger partial charge in [-0.05, 0) is 31.8 Å². The van der Waals surface area contributed by atoms with Gasteiger partial charge in [0.1, 0.15) is 6.10 Å². The number of hydrogen-bond acceptors (Lipinski definition) is 6. The predicted molar refractivity (Wildman–Crippen MR) is 103 cm³/mol. The van der Waals surface area contributed by atoms with Crippen molar-refractivity contribution in [3.8, 4) is 5.75 Å². The third kappa shape index (κ3) is 5.49. The average molecular weight is 564 g/mol. The lowest BCUT2D eigenvalue weighted by Crippen LogP contribution is -2.43. The maximum absolute atomic E-state index is 13.8. The molecule has 0 spiro atoms. The molecule has 2 aliphatic carbocycles. The van der Waals surface area contributed by atoms with Crippen LogP contribution in [0.15, 0.2) is 35.5 Å². The van der Waals surface area contributed by atoms with Crippen molar-refractivity contribution in [2.75, 3.05) is 0 Å². The first-order valence-corrected chi connectivity index (χ1v) is 10.4. The van der Waals surface area contributed by atoms with E-state index in [1.54, 1.807) is 0 Å². The van der Waals surface area contributed by atoms with Gasteiger partial charge in [-0.2, -0.15) is 8.78 Å². The van der Waals surface area contributed by atoms with E-state index in [1.807, 2.05) is 0 Å². The van der Waals surface area contributed by atoms with E-state index >= 15 is 0 Å².